The molecule has 0 spiro atoms. The Hall–Kier alpha value is -1.03. The molecule has 1 N–H and O–H groups in total. The van der Waals surface area contributed by atoms with Gasteiger partial charge in [-0.05, 0) is 12.8 Å². The first-order chi connectivity index (χ1) is 6.27. The van der Waals surface area contributed by atoms with E-state index in [4.69, 9.17) is 4.74 Å². The minimum absolute atomic E-state index is 0.100. The van der Waals surface area contributed by atoms with Gasteiger partial charge < -0.3 is 14.4 Å². The van der Waals surface area contributed by atoms with E-state index >= 15 is 0 Å². The monoisotopic (exact) mass is 182 g/mol. The summed E-state index contributed by atoms with van der Waals surface area (Å²) in [7, 11) is 1.90. The summed E-state index contributed by atoms with van der Waals surface area (Å²) >= 11 is 0. The molecule has 0 aliphatic carbocycles. The predicted molar refractivity (Wildman–Crippen MR) is 47.7 cm³/mol. The molecule has 1 aliphatic heterocycles. The first-order valence-corrected chi connectivity index (χ1v) is 4.57. The maximum atomic E-state index is 9.19. The fourth-order valence-corrected chi connectivity index (χ4v) is 1.79. The summed E-state index contributed by atoms with van der Waals surface area (Å²) in [6, 6.07) is 0. The SMILES string of the molecule is Cn1cc(O)nc1C1CCCOC1. The van der Waals surface area contributed by atoms with Gasteiger partial charge in [-0.2, -0.15) is 4.98 Å². The van der Waals surface area contributed by atoms with E-state index in [0.29, 0.717) is 5.92 Å². The number of aromatic hydroxyl groups is 1. The number of nitrogens with zero attached hydrogens (tertiary/aromatic N) is 2. The third kappa shape index (κ3) is 1.67. The van der Waals surface area contributed by atoms with Gasteiger partial charge in [-0.3, -0.25) is 0 Å². The van der Waals surface area contributed by atoms with Gasteiger partial charge in [0.05, 0.1) is 12.8 Å². The van der Waals surface area contributed by atoms with E-state index in [1.165, 1.54) is 0 Å². The van der Waals surface area contributed by atoms with Crippen LogP contribution in [-0.4, -0.2) is 27.9 Å². The van der Waals surface area contributed by atoms with Crippen molar-refractivity contribution >= 4 is 0 Å². The Morgan fingerprint density at radius 3 is 3.08 bits per heavy atom. The summed E-state index contributed by atoms with van der Waals surface area (Å²) in [6.07, 6.45) is 3.81. The fraction of sp³-hybridized carbons (Fsp3) is 0.667. The fourth-order valence-electron chi connectivity index (χ4n) is 1.79. The largest absolute Gasteiger partial charge is 0.492 e. The molecule has 1 aromatic rings. The summed E-state index contributed by atoms with van der Waals surface area (Å²) in [4.78, 5) is 4.07. The number of hydrogen-bond acceptors (Lipinski definition) is 3. The molecule has 4 nitrogen and oxygen atoms in total. The number of aryl methyl sites for hydroxylation is 1. The normalized spacial score (nSPS) is 23.3. The van der Waals surface area contributed by atoms with Crippen molar-refractivity contribution in [2.75, 3.05) is 13.2 Å². The highest BCUT2D eigenvalue weighted by Crippen LogP contribution is 2.25. The van der Waals surface area contributed by atoms with Crippen molar-refractivity contribution in [2.45, 2.75) is 18.8 Å². The minimum Gasteiger partial charge on any atom is -0.492 e. The number of ether oxygens (including phenoxy) is 1. The maximum absolute atomic E-state index is 9.19. The topological polar surface area (TPSA) is 47.3 Å². The maximum Gasteiger partial charge on any atom is 0.229 e. The molecule has 0 bridgehead atoms. The second-order valence-corrected chi connectivity index (χ2v) is 3.48. The molecule has 1 aromatic heterocycles. The highest BCUT2D eigenvalue weighted by Gasteiger charge is 2.20. The van der Waals surface area contributed by atoms with Crippen LogP contribution in [0, 0.1) is 0 Å². The van der Waals surface area contributed by atoms with Crippen LogP contribution in [0.4, 0.5) is 0 Å². The van der Waals surface area contributed by atoms with E-state index in [1.54, 1.807) is 6.20 Å². The second kappa shape index (κ2) is 3.38. The van der Waals surface area contributed by atoms with Crippen LogP contribution in [0.2, 0.25) is 0 Å². The van der Waals surface area contributed by atoms with Crippen LogP contribution in [-0.2, 0) is 11.8 Å². The van der Waals surface area contributed by atoms with E-state index in [2.05, 4.69) is 4.98 Å². The van der Waals surface area contributed by atoms with E-state index in [-0.39, 0.29) is 5.88 Å². The molecule has 13 heavy (non-hydrogen) atoms. The summed E-state index contributed by atoms with van der Waals surface area (Å²) in [5.74, 6) is 1.37. The molecule has 1 saturated heterocycles. The average molecular weight is 182 g/mol. The Labute approximate surface area is 77.2 Å². The van der Waals surface area contributed by atoms with Crippen LogP contribution in [0.3, 0.4) is 0 Å². The summed E-state index contributed by atoms with van der Waals surface area (Å²) < 4.78 is 7.24. The van der Waals surface area contributed by atoms with Crippen LogP contribution in [0.25, 0.3) is 0 Å². The van der Waals surface area contributed by atoms with Crippen LogP contribution >= 0.6 is 0 Å². The van der Waals surface area contributed by atoms with Crippen molar-refractivity contribution in [1.29, 1.82) is 0 Å². The van der Waals surface area contributed by atoms with E-state index in [1.807, 2.05) is 11.6 Å². The van der Waals surface area contributed by atoms with Crippen molar-refractivity contribution in [3.05, 3.63) is 12.0 Å². The molecule has 2 heterocycles. The summed E-state index contributed by atoms with van der Waals surface area (Å²) in [6.45, 7) is 1.58. The Kier molecular flexibility index (Phi) is 2.22. The standard InChI is InChI=1S/C9H14N2O2/c1-11-5-8(12)10-9(11)7-3-2-4-13-6-7/h5,7,12H,2-4,6H2,1H3. The molecule has 1 atom stereocenters. The highest BCUT2D eigenvalue weighted by atomic mass is 16.5. The lowest BCUT2D eigenvalue weighted by molar-refractivity contribution is 0.0772. The molecule has 1 fully saturated rings. The zero-order chi connectivity index (χ0) is 9.26. The van der Waals surface area contributed by atoms with Gasteiger partial charge in [-0.15, -0.1) is 0 Å². The molecule has 2 rings (SSSR count). The quantitative estimate of drug-likeness (QED) is 0.705. The molecule has 72 valence electrons. The molecule has 1 aliphatic rings. The molecule has 0 saturated carbocycles. The van der Waals surface area contributed by atoms with Gasteiger partial charge >= 0.3 is 0 Å². The van der Waals surface area contributed by atoms with Gasteiger partial charge in [0.2, 0.25) is 5.88 Å². The molecule has 0 aromatic carbocycles. The van der Waals surface area contributed by atoms with Crippen molar-refractivity contribution in [3.8, 4) is 5.88 Å². The van der Waals surface area contributed by atoms with Gasteiger partial charge in [0.15, 0.2) is 0 Å². The van der Waals surface area contributed by atoms with Gasteiger partial charge in [0.25, 0.3) is 0 Å². The molecule has 1 unspecified atom stereocenters. The predicted octanol–water partition coefficient (Wildman–Crippen LogP) is 1.02. The Morgan fingerprint density at radius 2 is 2.54 bits per heavy atom. The Morgan fingerprint density at radius 1 is 1.69 bits per heavy atom. The van der Waals surface area contributed by atoms with Crippen molar-refractivity contribution in [1.82, 2.24) is 9.55 Å². The van der Waals surface area contributed by atoms with E-state index in [9.17, 15) is 5.11 Å². The molecular weight excluding hydrogens is 168 g/mol. The molecular formula is C9H14N2O2. The van der Waals surface area contributed by atoms with Crippen LogP contribution in [0.15, 0.2) is 6.20 Å². The van der Waals surface area contributed by atoms with E-state index in [0.717, 1.165) is 31.9 Å². The van der Waals surface area contributed by atoms with Gasteiger partial charge in [0.1, 0.15) is 5.82 Å². The third-order valence-corrected chi connectivity index (χ3v) is 2.43. The zero-order valence-corrected chi connectivity index (χ0v) is 7.73. The highest BCUT2D eigenvalue weighted by molar-refractivity contribution is 5.11. The van der Waals surface area contributed by atoms with Crippen molar-refractivity contribution in [3.63, 3.8) is 0 Å². The third-order valence-electron chi connectivity index (χ3n) is 2.43. The zero-order valence-electron chi connectivity index (χ0n) is 7.73. The van der Waals surface area contributed by atoms with E-state index < -0.39 is 0 Å². The van der Waals surface area contributed by atoms with Crippen LogP contribution in [0.5, 0.6) is 5.88 Å². The van der Waals surface area contributed by atoms with Crippen LogP contribution < -0.4 is 0 Å². The lowest BCUT2D eigenvalue weighted by Gasteiger charge is -2.21. The first kappa shape index (κ1) is 8.56. The lowest BCUT2D eigenvalue weighted by Crippen LogP contribution is -2.18. The lowest BCUT2D eigenvalue weighted by atomic mass is 10.0. The Balaban J connectivity index is 2.18. The average Bonchev–Trinajstić information content (AvgIpc) is 2.47. The minimum atomic E-state index is 0.100. The van der Waals surface area contributed by atoms with Crippen molar-refractivity contribution in [2.24, 2.45) is 7.05 Å². The molecule has 0 amide bonds. The van der Waals surface area contributed by atoms with Crippen LogP contribution in [0.1, 0.15) is 24.6 Å². The Bertz CT molecular complexity index is 290. The number of imidazole rings is 1. The smallest absolute Gasteiger partial charge is 0.229 e. The van der Waals surface area contributed by atoms with Crippen molar-refractivity contribution < 1.29 is 9.84 Å². The first-order valence-electron chi connectivity index (χ1n) is 4.57. The summed E-state index contributed by atoms with van der Waals surface area (Å²) in [5, 5.41) is 9.19. The van der Waals surface area contributed by atoms with Gasteiger partial charge in [0, 0.05) is 19.6 Å². The number of hydrogen-bond donors (Lipinski definition) is 1. The van der Waals surface area contributed by atoms with Gasteiger partial charge in [-0.25, -0.2) is 0 Å². The van der Waals surface area contributed by atoms with Gasteiger partial charge in [-0.1, -0.05) is 0 Å². The number of rotatable bonds is 1. The second-order valence-electron chi connectivity index (χ2n) is 3.48. The molecule has 0 radical (unpaired) electrons. The molecule has 4 heteroatoms. The summed E-state index contributed by atoms with van der Waals surface area (Å²) in [5.41, 5.74) is 0. The number of aromatic nitrogens is 2.